The topological polar surface area (TPSA) is 0 Å². The van der Waals surface area contributed by atoms with Gasteiger partial charge in [-0.1, -0.05) is 161 Å². The van der Waals surface area contributed by atoms with E-state index < -0.39 is 0 Å². The summed E-state index contributed by atoms with van der Waals surface area (Å²) >= 11 is 0. The Bertz CT molecular complexity index is 316. The van der Waals surface area contributed by atoms with E-state index in [1.165, 1.54) is 154 Å². The van der Waals surface area contributed by atoms with E-state index in [9.17, 15) is 0 Å². The summed E-state index contributed by atoms with van der Waals surface area (Å²) < 4.78 is 0. The Morgan fingerprint density at radius 2 is 0.767 bits per heavy atom. The molecule has 0 spiro atoms. The van der Waals surface area contributed by atoms with Crippen molar-refractivity contribution in [3.63, 3.8) is 0 Å². The zero-order valence-corrected chi connectivity index (χ0v) is 21.7. The van der Waals surface area contributed by atoms with Crippen LogP contribution in [-0.2, 0) is 0 Å². The van der Waals surface area contributed by atoms with Gasteiger partial charge in [-0.25, -0.2) is 0 Å². The van der Waals surface area contributed by atoms with Gasteiger partial charge < -0.3 is 0 Å². The van der Waals surface area contributed by atoms with Crippen LogP contribution in [0.4, 0.5) is 0 Å². The zero-order chi connectivity index (χ0) is 22.0. The fourth-order valence-electron chi connectivity index (χ4n) is 4.63. The minimum absolute atomic E-state index is 0.987. The van der Waals surface area contributed by atoms with Gasteiger partial charge in [-0.15, -0.1) is 0 Å². The van der Waals surface area contributed by atoms with E-state index in [-0.39, 0.29) is 0 Å². The summed E-state index contributed by atoms with van der Waals surface area (Å²) in [5, 5.41) is 0. The smallest absolute Gasteiger partial charge is 0.0351 e. The molecule has 0 heteroatoms. The van der Waals surface area contributed by atoms with E-state index in [1.807, 2.05) is 0 Å². The molecule has 0 bridgehead atoms. The van der Waals surface area contributed by atoms with Gasteiger partial charge in [0.15, 0.2) is 0 Å². The first-order chi connectivity index (χ1) is 14.8. The molecule has 0 aliphatic heterocycles. The molecule has 0 aromatic rings. The maximum Gasteiger partial charge on any atom is -0.0351 e. The summed E-state index contributed by atoms with van der Waals surface area (Å²) in [7, 11) is 0. The third-order valence-electron chi connectivity index (χ3n) is 6.92. The molecule has 0 N–H and O–H groups in total. The van der Waals surface area contributed by atoms with Crippen molar-refractivity contribution in [2.75, 3.05) is 0 Å². The molecule has 0 aromatic heterocycles. The summed E-state index contributed by atoms with van der Waals surface area (Å²) in [4.78, 5) is 0. The molecule has 0 saturated heterocycles. The third kappa shape index (κ3) is 24.0. The molecule has 0 nitrogen and oxygen atoms in total. The lowest BCUT2D eigenvalue weighted by molar-refractivity contribution is 0.404. The highest BCUT2D eigenvalue weighted by Gasteiger charge is 2.05. The fraction of sp³-hybridized carbons (Fsp3) is 0.933. The van der Waals surface area contributed by atoms with E-state index in [0.717, 1.165) is 5.92 Å². The predicted octanol–water partition coefficient (Wildman–Crippen LogP) is 11.6. The van der Waals surface area contributed by atoms with Crippen LogP contribution in [0.15, 0.2) is 12.2 Å². The van der Waals surface area contributed by atoms with E-state index in [1.54, 1.807) is 0 Å². The standard InChI is InChI=1S/C30H60/c1-4-7-9-11-12-13-14-15-16-17-18-19-20-21-22-23-24-25-27-29-30(6-3)28-26-10-8-5-2/h23-24,30H,4-22,25-29H2,1-3H3. The molecule has 0 fully saturated rings. The van der Waals surface area contributed by atoms with Gasteiger partial charge in [-0.05, 0) is 31.6 Å². The highest BCUT2D eigenvalue weighted by Crippen LogP contribution is 2.20. The Kier molecular flexibility index (Phi) is 26.5. The second-order valence-corrected chi connectivity index (χ2v) is 9.91. The first-order valence-electron chi connectivity index (χ1n) is 14.5. The fourth-order valence-corrected chi connectivity index (χ4v) is 4.63. The molecule has 0 amide bonds. The molecule has 180 valence electrons. The van der Waals surface area contributed by atoms with Crippen LogP contribution in [0.5, 0.6) is 0 Å². The van der Waals surface area contributed by atoms with E-state index >= 15 is 0 Å². The number of unbranched alkanes of at least 4 members (excludes halogenated alkanes) is 18. The Labute approximate surface area is 193 Å². The average Bonchev–Trinajstić information content (AvgIpc) is 2.76. The second-order valence-electron chi connectivity index (χ2n) is 9.91. The lowest BCUT2D eigenvalue weighted by Crippen LogP contribution is -1.98. The summed E-state index contributed by atoms with van der Waals surface area (Å²) in [5.41, 5.74) is 0. The van der Waals surface area contributed by atoms with Crippen molar-refractivity contribution in [2.24, 2.45) is 5.92 Å². The molecule has 0 rings (SSSR count). The van der Waals surface area contributed by atoms with E-state index in [2.05, 4.69) is 32.9 Å². The van der Waals surface area contributed by atoms with Crippen molar-refractivity contribution in [3.05, 3.63) is 12.2 Å². The Morgan fingerprint density at radius 1 is 0.400 bits per heavy atom. The van der Waals surface area contributed by atoms with Crippen molar-refractivity contribution >= 4 is 0 Å². The Balaban J connectivity index is 3.24. The quantitative estimate of drug-likeness (QED) is 0.102. The highest BCUT2D eigenvalue weighted by atomic mass is 14.1. The molecule has 0 radical (unpaired) electrons. The molecule has 0 aliphatic carbocycles. The van der Waals surface area contributed by atoms with Crippen LogP contribution in [0.3, 0.4) is 0 Å². The number of hydrogen-bond acceptors (Lipinski definition) is 0. The number of rotatable bonds is 25. The van der Waals surface area contributed by atoms with Gasteiger partial charge in [-0.3, -0.25) is 0 Å². The van der Waals surface area contributed by atoms with Gasteiger partial charge in [0.2, 0.25) is 0 Å². The zero-order valence-electron chi connectivity index (χ0n) is 21.7. The van der Waals surface area contributed by atoms with Gasteiger partial charge in [0.25, 0.3) is 0 Å². The van der Waals surface area contributed by atoms with E-state index in [0.29, 0.717) is 0 Å². The van der Waals surface area contributed by atoms with Crippen LogP contribution in [0.2, 0.25) is 0 Å². The summed E-state index contributed by atoms with van der Waals surface area (Å²) in [6.07, 6.45) is 39.4. The molecular formula is C30H60. The average molecular weight is 421 g/mol. The lowest BCUT2D eigenvalue weighted by atomic mass is 9.93. The number of hydrogen-bond donors (Lipinski definition) is 0. The SMILES string of the molecule is CCCCCCCCCCCCCCCCC=CCCCC(CC)CCCCCC. The maximum atomic E-state index is 2.46. The van der Waals surface area contributed by atoms with Crippen LogP contribution in [0, 0.1) is 5.92 Å². The molecule has 0 aliphatic rings. The first-order valence-corrected chi connectivity index (χ1v) is 14.5. The molecule has 0 aromatic carbocycles. The van der Waals surface area contributed by atoms with Gasteiger partial charge in [-0.2, -0.15) is 0 Å². The largest absolute Gasteiger partial charge is 0.0885 e. The molecule has 0 saturated carbocycles. The minimum atomic E-state index is 0.987. The molecule has 30 heavy (non-hydrogen) atoms. The van der Waals surface area contributed by atoms with Gasteiger partial charge in [0, 0.05) is 0 Å². The third-order valence-corrected chi connectivity index (χ3v) is 6.92. The molecule has 0 heterocycles. The molecular weight excluding hydrogens is 360 g/mol. The first kappa shape index (κ1) is 29.7. The Hall–Kier alpha value is -0.260. The van der Waals surface area contributed by atoms with Crippen molar-refractivity contribution in [1.82, 2.24) is 0 Å². The minimum Gasteiger partial charge on any atom is -0.0885 e. The molecule has 1 unspecified atom stereocenters. The van der Waals surface area contributed by atoms with Crippen molar-refractivity contribution < 1.29 is 0 Å². The van der Waals surface area contributed by atoms with Crippen LogP contribution in [-0.4, -0.2) is 0 Å². The van der Waals surface area contributed by atoms with Crippen LogP contribution in [0.25, 0.3) is 0 Å². The molecule has 1 atom stereocenters. The van der Waals surface area contributed by atoms with Gasteiger partial charge in [0.05, 0.1) is 0 Å². The van der Waals surface area contributed by atoms with E-state index in [4.69, 9.17) is 0 Å². The van der Waals surface area contributed by atoms with Crippen LogP contribution < -0.4 is 0 Å². The van der Waals surface area contributed by atoms with Crippen LogP contribution in [0.1, 0.15) is 175 Å². The maximum absolute atomic E-state index is 2.46. The van der Waals surface area contributed by atoms with Crippen molar-refractivity contribution in [3.8, 4) is 0 Å². The van der Waals surface area contributed by atoms with Gasteiger partial charge >= 0.3 is 0 Å². The second kappa shape index (κ2) is 26.8. The summed E-state index contributed by atoms with van der Waals surface area (Å²) in [5.74, 6) is 0.987. The highest BCUT2D eigenvalue weighted by molar-refractivity contribution is 4.81. The summed E-state index contributed by atoms with van der Waals surface area (Å²) in [6, 6.07) is 0. The summed E-state index contributed by atoms with van der Waals surface area (Å²) in [6.45, 7) is 7.00. The van der Waals surface area contributed by atoms with Crippen molar-refractivity contribution in [1.29, 1.82) is 0 Å². The van der Waals surface area contributed by atoms with Crippen LogP contribution >= 0.6 is 0 Å². The predicted molar refractivity (Wildman–Crippen MR) is 140 cm³/mol. The Morgan fingerprint density at radius 3 is 1.23 bits per heavy atom. The number of allylic oxidation sites excluding steroid dienone is 2. The van der Waals surface area contributed by atoms with Crippen molar-refractivity contribution in [2.45, 2.75) is 175 Å². The normalized spacial score (nSPS) is 12.8. The van der Waals surface area contributed by atoms with Gasteiger partial charge in [0.1, 0.15) is 0 Å². The lowest BCUT2D eigenvalue weighted by Gasteiger charge is -2.13. The monoisotopic (exact) mass is 420 g/mol.